The number of ether oxygens (including phenoxy) is 1. The largest absolute Gasteiger partial charge is 0.497 e. The molecule has 1 N–H and O–H groups in total. The highest BCUT2D eigenvalue weighted by Gasteiger charge is 2.44. The van der Waals surface area contributed by atoms with Gasteiger partial charge in [-0.3, -0.25) is 0 Å². The molecule has 0 spiro atoms. The Morgan fingerprint density at radius 3 is 3.05 bits per heavy atom. The molecule has 1 saturated heterocycles. The molecular weight excluding hydrogens is 248 g/mol. The molecule has 2 aliphatic rings. The second kappa shape index (κ2) is 5.38. The Labute approximate surface area is 122 Å². The van der Waals surface area contributed by atoms with Gasteiger partial charge in [0, 0.05) is 6.04 Å². The second-order valence-corrected chi connectivity index (χ2v) is 6.45. The predicted octanol–water partition coefficient (Wildman–Crippen LogP) is 2.19. The first-order valence-electron chi connectivity index (χ1n) is 7.71. The molecule has 0 radical (unpaired) electrons. The van der Waals surface area contributed by atoms with E-state index in [2.05, 4.69) is 42.5 Å². The van der Waals surface area contributed by atoms with Crippen LogP contribution < -0.4 is 10.1 Å². The van der Waals surface area contributed by atoms with Gasteiger partial charge in [-0.05, 0) is 81.5 Å². The number of hydrogen-bond donors (Lipinski definition) is 1. The predicted molar refractivity (Wildman–Crippen MR) is 82.6 cm³/mol. The first kappa shape index (κ1) is 13.9. The quantitative estimate of drug-likeness (QED) is 0.911. The zero-order chi connectivity index (χ0) is 14.2. The van der Waals surface area contributed by atoms with Crippen molar-refractivity contribution in [2.45, 2.75) is 37.1 Å². The molecular formula is C17H26N2O. The van der Waals surface area contributed by atoms with Crippen LogP contribution in [0.2, 0.25) is 0 Å². The number of piperidine rings is 1. The van der Waals surface area contributed by atoms with Crippen LogP contribution in [0, 0.1) is 0 Å². The summed E-state index contributed by atoms with van der Waals surface area (Å²) in [5.41, 5.74) is 3.43. The molecule has 110 valence electrons. The van der Waals surface area contributed by atoms with E-state index in [0.717, 1.165) is 12.3 Å². The maximum Gasteiger partial charge on any atom is 0.119 e. The number of hydrogen-bond acceptors (Lipinski definition) is 3. The van der Waals surface area contributed by atoms with Gasteiger partial charge in [0.05, 0.1) is 7.11 Å². The highest BCUT2D eigenvalue weighted by molar-refractivity contribution is 5.44. The molecule has 3 heteroatoms. The van der Waals surface area contributed by atoms with Crippen LogP contribution in [0.3, 0.4) is 0 Å². The molecule has 1 aromatic rings. The third-order valence-electron chi connectivity index (χ3n) is 5.39. The number of likely N-dealkylation sites (tertiary alicyclic amines) is 1. The van der Waals surface area contributed by atoms with Gasteiger partial charge in [0.1, 0.15) is 5.75 Å². The summed E-state index contributed by atoms with van der Waals surface area (Å²) in [5.74, 6) is 1.00. The highest BCUT2D eigenvalue weighted by Crippen LogP contribution is 2.47. The third kappa shape index (κ3) is 2.23. The Bertz CT molecular complexity index is 484. The van der Waals surface area contributed by atoms with Crippen molar-refractivity contribution < 1.29 is 4.74 Å². The van der Waals surface area contributed by atoms with E-state index in [9.17, 15) is 0 Å². The summed E-state index contributed by atoms with van der Waals surface area (Å²) in [6.07, 6.45) is 4.98. The third-order valence-corrected chi connectivity index (χ3v) is 5.39. The Balaban J connectivity index is 2.02. The van der Waals surface area contributed by atoms with Crippen LogP contribution in [0.1, 0.15) is 30.4 Å². The molecule has 2 atom stereocenters. The minimum absolute atomic E-state index is 0.350. The summed E-state index contributed by atoms with van der Waals surface area (Å²) < 4.78 is 5.46. The molecule has 1 aromatic carbocycles. The lowest BCUT2D eigenvalue weighted by Gasteiger charge is -2.50. The molecule has 3 nitrogen and oxygen atoms in total. The SMILES string of the molecule is CNCC[C@@]12CCN(C)C(Cc3ccc(OC)cc31)C2. The molecule has 1 heterocycles. The highest BCUT2D eigenvalue weighted by atomic mass is 16.5. The fourth-order valence-electron chi connectivity index (χ4n) is 4.09. The number of benzene rings is 1. The Hall–Kier alpha value is -1.06. The van der Waals surface area contributed by atoms with E-state index < -0.39 is 0 Å². The fourth-order valence-corrected chi connectivity index (χ4v) is 4.09. The minimum Gasteiger partial charge on any atom is -0.497 e. The van der Waals surface area contributed by atoms with Crippen molar-refractivity contribution in [1.82, 2.24) is 10.2 Å². The molecule has 0 saturated carbocycles. The molecule has 2 bridgehead atoms. The van der Waals surface area contributed by atoms with E-state index in [0.29, 0.717) is 11.5 Å². The fraction of sp³-hybridized carbons (Fsp3) is 0.647. The molecule has 1 fully saturated rings. The average Bonchev–Trinajstić information content (AvgIpc) is 2.49. The molecule has 3 rings (SSSR count). The van der Waals surface area contributed by atoms with Gasteiger partial charge in [0.2, 0.25) is 0 Å². The lowest BCUT2D eigenvalue weighted by molar-refractivity contribution is 0.0980. The van der Waals surface area contributed by atoms with Crippen LogP contribution in [-0.2, 0) is 11.8 Å². The van der Waals surface area contributed by atoms with Gasteiger partial charge in [-0.25, -0.2) is 0 Å². The first-order valence-corrected chi connectivity index (χ1v) is 7.71. The van der Waals surface area contributed by atoms with Crippen molar-refractivity contribution in [1.29, 1.82) is 0 Å². The van der Waals surface area contributed by atoms with Gasteiger partial charge >= 0.3 is 0 Å². The van der Waals surface area contributed by atoms with Crippen LogP contribution in [0.5, 0.6) is 5.75 Å². The van der Waals surface area contributed by atoms with Crippen LogP contribution in [0.4, 0.5) is 0 Å². The van der Waals surface area contributed by atoms with Gasteiger partial charge in [-0.15, -0.1) is 0 Å². The van der Waals surface area contributed by atoms with Crippen LogP contribution in [-0.4, -0.2) is 45.2 Å². The molecule has 0 amide bonds. The summed E-state index contributed by atoms with van der Waals surface area (Å²) in [7, 11) is 6.10. The van der Waals surface area contributed by atoms with Gasteiger partial charge in [-0.1, -0.05) is 6.07 Å². The lowest BCUT2D eigenvalue weighted by atomic mass is 9.62. The average molecular weight is 274 g/mol. The second-order valence-electron chi connectivity index (χ2n) is 6.45. The molecule has 1 aliphatic heterocycles. The summed E-state index contributed by atoms with van der Waals surface area (Å²) in [6, 6.07) is 7.41. The van der Waals surface area contributed by atoms with Crippen LogP contribution in [0.25, 0.3) is 0 Å². The molecule has 20 heavy (non-hydrogen) atoms. The monoisotopic (exact) mass is 274 g/mol. The van der Waals surface area contributed by atoms with Gasteiger partial charge in [0.15, 0.2) is 0 Å². The van der Waals surface area contributed by atoms with Crippen LogP contribution in [0.15, 0.2) is 18.2 Å². The topological polar surface area (TPSA) is 24.5 Å². The van der Waals surface area contributed by atoms with E-state index in [1.165, 1.54) is 37.8 Å². The maximum absolute atomic E-state index is 5.46. The van der Waals surface area contributed by atoms with Crippen molar-refractivity contribution in [2.75, 3.05) is 34.3 Å². The number of rotatable bonds is 4. The van der Waals surface area contributed by atoms with Crippen molar-refractivity contribution in [3.63, 3.8) is 0 Å². The van der Waals surface area contributed by atoms with E-state index in [4.69, 9.17) is 4.74 Å². The number of nitrogens with zero attached hydrogens (tertiary/aromatic N) is 1. The van der Waals surface area contributed by atoms with E-state index in [1.54, 1.807) is 12.7 Å². The lowest BCUT2D eigenvalue weighted by Crippen LogP contribution is -2.52. The number of nitrogens with one attached hydrogen (secondary N) is 1. The number of methoxy groups -OCH3 is 1. The Morgan fingerprint density at radius 1 is 1.45 bits per heavy atom. The van der Waals surface area contributed by atoms with Gasteiger partial charge in [0.25, 0.3) is 0 Å². The van der Waals surface area contributed by atoms with Crippen molar-refractivity contribution >= 4 is 0 Å². The minimum atomic E-state index is 0.350. The summed E-state index contributed by atoms with van der Waals surface area (Å²) in [5, 5.41) is 3.34. The number of fused-ring (bicyclic) bond motifs is 4. The van der Waals surface area contributed by atoms with Crippen LogP contribution >= 0.6 is 0 Å². The molecule has 1 unspecified atom stereocenters. The van der Waals surface area contributed by atoms with E-state index >= 15 is 0 Å². The molecule has 1 aliphatic carbocycles. The number of likely N-dealkylation sites (N-methyl/N-ethyl adjacent to an activating group) is 1. The summed E-state index contributed by atoms with van der Waals surface area (Å²) >= 11 is 0. The van der Waals surface area contributed by atoms with Gasteiger partial charge < -0.3 is 15.0 Å². The maximum atomic E-state index is 5.46. The zero-order valence-electron chi connectivity index (χ0n) is 12.9. The smallest absolute Gasteiger partial charge is 0.119 e. The van der Waals surface area contributed by atoms with Crippen molar-refractivity contribution in [3.8, 4) is 5.75 Å². The standard InChI is InChI=1S/C17H26N2O/c1-18-8-6-17-7-9-19(2)14(12-17)10-13-4-5-15(20-3)11-16(13)17/h4-5,11,14,18H,6-10,12H2,1-3H3/t14?,17-/m0/s1. The Kier molecular flexibility index (Phi) is 3.74. The van der Waals surface area contributed by atoms with E-state index in [1.807, 2.05) is 0 Å². The normalized spacial score (nSPS) is 29.1. The van der Waals surface area contributed by atoms with Gasteiger partial charge in [-0.2, -0.15) is 0 Å². The summed E-state index contributed by atoms with van der Waals surface area (Å²) in [4.78, 5) is 2.55. The Morgan fingerprint density at radius 2 is 2.30 bits per heavy atom. The van der Waals surface area contributed by atoms with E-state index in [-0.39, 0.29) is 0 Å². The van der Waals surface area contributed by atoms with Crippen molar-refractivity contribution in [2.24, 2.45) is 0 Å². The summed E-state index contributed by atoms with van der Waals surface area (Å²) in [6.45, 7) is 2.30. The zero-order valence-corrected chi connectivity index (χ0v) is 12.9. The first-order chi connectivity index (χ1) is 9.68. The van der Waals surface area contributed by atoms with Crippen molar-refractivity contribution in [3.05, 3.63) is 29.3 Å². The molecule has 0 aromatic heterocycles.